The van der Waals surface area contributed by atoms with Gasteiger partial charge in [0.1, 0.15) is 0 Å². The second-order valence-electron chi connectivity index (χ2n) is 10.8. The van der Waals surface area contributed by atoms with Crippen molar-refractivity contribution in [2.75, 3.05) is 0 Å². The summed E-state index contributed by atoms with van der Waals surface area (Å²) < 4.78 is 7.02. The van der Waals surface area contributed by atoms with Gasteiger partial charge in [-0.3, -0.25) is 0 Å². The van der Waals surface area contributed by atoms with Crippen molar-refractivity contribution in [2.24, 2.45) is 29.1 Å². The molecule has 4 rings (SSSR count). The molecule has 0 unspecified atom stereocenters. The Kier molecular flexibility index (Phi) is 4.55. The molecule has 2 heteroatoms. The maximum Gasteiger partial charge on any atom is 0.184 e. The highest BCUT2D eigenvalue weighted by Crippen LogP contribution is 2.66. The molecule has 0 saturated heterocycles. The molecule has 0 aliphatic heterocycles. The van der Waals surface area contributed by atoms with Gasteiger partial charge in [0.15, 0.2) is 8.32 Å². The largest absolute Gasteiger partial charge is 0.412 e. The van der Waals surface area contributed by atoms with Crippen LogP contribution in [0.15, 0.2) is 11.6 Å². The predicted octanol–water partition coefficient (Wildman–Crippen LogP) is 6.95. The second-order valence-corrected chi connectivity index (χ2v) is 15.3. The van der Waals surface area contributed by atoms with Crippen molar-refractivity contribution >= 4 is 8.32 Å². The van der Waals surface area contributed by atoms with Crippen LogP contribution in [0.1, 0.15) is 78.1 Å². The number of hydrogen-bond donors (Lipinski definition) is 0. The monoisotopic (exact) mass is 360 g/mol. The lowest BCUT2D eigenvalue weighted by Gasteiger charge is -2.57. The van der Waals surface area contributed by atoms with Crippen LogP contribution in [0, 0.1) is 29.1 Å². The van der Waals surface area contributed by atoms with Crippen molar-refractivity contribution < 1.29 is 4.43 Å². The zero-order chi connectivity index (χ0) is 17.9. The van der Waals surface area contributed by atoms with E-state index >= 15 is 0 Å². The summed E-state index contributed by atoms with van der Waals surface area (Å²) in [6.07, 6.45) is 16.6. The van der Waals surface area contributed by atoms with E-state index in [2.05, 4.69) is 39.6 Å². The van der Waals surface area contributed by atoms with Gasteiger partial charge >= 0.3 is 0 Å². The SMILES string of the molecule is CC[C@]1(O[Si](C)(C)C)CC[C@H]2[C@@H]3CCC4=CCCC[C@@H]4[C@H]3CC[C@@]21C. The lowest BCUT2D eigenvalue weighted by atomic mass is 9.50. The molecule has 1 nitrogen and oxygen atoms in total. The van der Waals surface area contributed by atoms with Gasteiger partial charge in [-0.1, -0.05) is 25.5 Å². The zero-order valence-electron chi connectivity index (χ0n) is 17.4. The fourth-order valence-electron chi connectivity index (χ4n) is 7.80. The number of rotatable bonds is 3. The molecule has 25 heavy (non-hydrogen) atoms. The van der Waals surface area contributed by atoms with Gasteiger partial charge < -0.3 is 4.43 Å². The second kappa shape index (κ2) is 6.23. The van der Waals surface area contributed by atoms with Crippen LogP contribution in [0.3, 0.4) is 0 Å². The minimum Gasteiger partial charge on any atom is -0.412 e. The van der Waals surface area contributed by atoms with Gasteiger partial charge in [-0.2, -0.15) is 0 Å². The van der Waals surface area contributed by atoms with Crippen molar-refractivity contribution in [2.45, 2.75) is 103 Å². The molecular formula is C23H40OSi. The van der Waals surface area contributed by atoms with Gasteiger partial charge in [0.25, 0.3) is 0 Å². The molecule has 0 aromatic carbocycles. The lowest BCUT2D eigenvalue weighted by molar-refractivity contribution is -0.108. The molecule has 142 valence electrons. The third kappa shape index (κ3) is 2.81. The lowest BCUT2D eigenvalue weighted by Crippen LogP contribution is -2.56. The van der Waals surface area contributed by atoms with Crippen LogP contribution >= 0.6 is 0 Å². The molecule has 0 aromatic heterocycles. The van der Waals surface area contributed by atoms with Crippen molar-refractivity contribution in [3.63, 3.8) is 0 Å². The first-order valence-corrected chi connectivity index (χ1v) is 14.6. The molecule has 0 amide bonds. The van der Waals surface area contributed by atoms with E-state index in [0.29, 0.717) is 5.41 Å². The predicted molar refractivity (Wildman–Crippen MR) is 109 cm³/mol. The van der Waals surface area contributed by atoms with Crippen molar-refractivity contribution in [3.8, 4) is 0 Å². The molecule has 3 saturated carbocycles. The molecule has 4 aliphatic carbocycles. The van der Waals surface area contributed by atoms with E-state index in [1.54, 1.807) is 0 Å². The third-order valence-electron chi connectivity index (χ3n) is 8.74. The Hall–Kier alpha value is -0.0831. The smallest absolute Gasteiger partial charge is 0.184 e. The van der Waals surface area contributed by atoms with E-state index in [0.717, 1.165) is 23.7 Å². The fourth-order valence-corrected chi connectivity index (χ4v) is 9.45. The van der Waals surface area contributed by atoms with Gasteiger partial charge in [0.05, 0.1) is 5.60 Å². The molecular weight excluding hydrogens is 320 g/mol. The molecule has 0 spiro atoms. The number of allylic oxidation sites excluding steroid dienone is 2. The Bertz CT molecular complexity index is 547. The molecule has 6 atom stereocenters. The van der Waals surface area contributed by atoms with Gasteiger partial charge in [0.2, 0.25) is 0 Å². The van der Waals surface area contributed by atoms with Crippen molar-refractivity contribution in [3.05, 3.63) is 11.6 Å². The van der Waals surface area contributed by atoms with Gasteiger partial charge in [-0.25, -0.2) is 0 Å². The topological polar surface area (TPSA) is 9.23 Å². The Morgan fingerprint density at radius 2 is 1.88 bits per heavy atom. The summed E-state index contributed by atoms with van der Waals surface area (Å²) >= 11 is 0. The first kappa shape index (κ1) is 18.3. The summed E-state index contributed by atoms with van der Waals surface area (Å²) in [6, 6.07) is 0. The van der Waals surface area contributed by atoms with E-state index in [4.69, 9.17) is 4.43 Å². The Morgan fingerprint density at radius 1 is 1.08 bits per heavy atom. The van der Waals surface area contributed by atoms with Crippen LogP contribution in [0.4, 0.5) is 0 Å². The number of hydrogen-bond acceptors (Lipinski definition) is 1. The summed E-state index contributed by atoms with van der Waals surface area (Å²) in [5.41, 5.74) is 2.46. The quantitative estimate of drug-likeness (QED) is 0.391. The Morgan fingerprint density at radius 3 is 2.60 bits per heavy atom. The first-order chi connectivity index (χ1) is 11.8. The van der Waals surface area contributed by atoms with Gasteiger partial charge in [0, 0.05) is 0 Å². The maximum atomic E-state index is 7.02. The summed E-state index contributed by atoms with van der Waals surface area (Å²) in [7, 11) is -1.52. The van der Waals surface area contributed by atoms with E-state index in [1.807, 2.05) is 5.57 Å². The van der Waals surface area contributed by atoms with E-state index in [-0.39, 0.29) is 5.60 Å². The van der Waals surface area contributed by atoms with Crippen molar-refractivity contribution in [1.29, 1.82) is 0 Å². The van der Waals surface area contributed by atoms with Crippen LogP contribution in [0.2, 0.25) is 19.6 Å². The molecule has 0 aromatic rings. The minimum atomic E-state index is -1.52. The molecule has 0 heterocycles. The fraction of sp³-hybridized carbons (Fsp3) is 0.913. The average Bonchev–Trinajstić information content (AvgIpc) is 2.86. The molecule has 0 N–H and O–H groups in total. The molecule has 0 radical (unpaired) electrons. The van der Waals surface area contributed by atoms with E-state index in [9.17, 15) is 0 Å². The van der Waals surface area contributed by atoms with Crippen LogP contribution in [-0.2, 0) is 4.43 Å². The summed E-state index contributed by atoms with van der Waals surface area (Å²) in [4.78, 5) is 0. The van der Waals surface area contributed by atoms with Crippen molar-refractivity contribution in [1.82, 2.24) is 0 Å². The summed E-state index contributed by atoms with van der Waals surface area (Å²) in [6.45, 7) is 12.2. The average molecular weight is 361 g/mol. The zero-order valence-corrected chi connectivity index (χ0v) is 18.4. The maximum absolute atomic E-state index is 7.02. The number of fused-ring (bicyclic) bond motifs is 5. The van der Waals surface area contributed by atoms with Crippen LogP contribution < -0.4 is 0 Å². The van der Waals surface area contributed by atoms with E-state index < -0.39 is 8.32 Å². The highest BCUT2D eigenvalue weighted by atomic mass is 28.4. The van der Waals surface area contributed by atoms with Gasteiger partial charge in [-0.15, -0.1) is 0 Å². The molecule has 3 fully saturated rings. The standard InChI is InChI=1S/C23H40OSi/c1-6-23(24-25(3,4)5)16-14-21-20-12-11-17-9-7-8-10-18(17)19(20)13-15-22(21,23)2/h9,18-21H,6-8,10-16H2,1-5H3/t18-,19+,20+,21-,22-,23-/m0/s1. The molecule has 4 aliphatic rings. The Balaban J connectivity index is 1.62. The summed E-state index contributed by atoms with van der Waals surface area (Å²) in [5.74, 6) is 3.85. The highest BCUT2D eigenvalue weighted by molar-refractivity contribution is 6.69. The summed E-state index contributed by atoms with van der Waals surface area (Å²) in [5, 5.41) is 0. The third-order valence-corrected chi connectivity index (χ3v) is 9.74. The highest BCUT2D eigenvalue weighted by Gasteiger charge is 2.63. The van der Waals surface area contributed by atoms with E-state index in [1.165, 1.54) is 64.2 Å². The van der Waals surface area contributed by atoms with Crippen LogP contribution in [0.25, 0.3) is 0 Å². The Labute approximate surface area is 157 Å². The van der Waals surface area contributed by atoms with Crippen LogP contribution in [-0.4, -0.2) is 13.9 Å². The normalized spacial score (nSPS) is 46.8. The first-order valence-electron chi connectivity index (χ1n) is 11.2. The van der Waals surface area contributed by atoms with Crippen LogP contribution in [0.5, 0.6) is 0 Å². The van der Waals surface area contributed by atoms with Gasteiger partial charge in [-0.05, 0) is 113 Å². The minimum absolute atomic E-state index is 0.176. The molecule has 0 bridgehead atoms.